The summed E-state index contributed by atoms with van der Waals surface area (Å²) in [5.41, 5.74) is -2.49. The molecule has 1 saturated heterocycles. The van der Waals surface area contributed by atoms with Crippen LogP contribution in [0.15, 0.2) is 21.9 Å². The number of aliphatic hydroxyl groups excluding tert-OH is 2. The number of aliphatic hydroxyl groups is 2. The van der Waals surface area contributed by atoms with Gasteiger partial charge in [0.05, 0.1) is 11.6 Å². The third-order valence-electron chi connectivity index (χ3n) is 3.44. The van der Waals surface area contributed by atoms with E-state index in [9.17, 15) is 38.4 Å². The molecule has 30 heavy (non-hydrogen) atoms. The summed E-state index contributed by atoms with van der Waals surface area (Å²) in [5, 5.41) is 20.1. The van der Waals surface area contributed by atoms with E-state index in [2.05, 4.69) is 8.62 Å². The van der Waals surface area contributed by atoms with Crippen LogP contribution in [0.25, 0.3) is 0 Å². The number of nitrogens with one attached hydrogen (secondary N) is 1. The van der Waals surface area contributed by atoms with Crippen molar-refractivity contribution in [3.05, 3.63) is 33.1 Å². The Kier molecular flexibility index (Phi) is 8.08. The Morgan fingerprint density at radius 1 is 1.10 bits per heavy atom. The highest BCUT2D eigenvalue weighted by Gasteiger charge is 2.44. The standard InChI is InChI=1S/C10H17N2O14P3S/c13-6-1-2-12(10(16)11-6)9-8(15)7(14)5(24-9)3-30-4-27(17,18)25-29(22,23)26-28(19,20)21/h1-2,5,7-9,14-15H,3-4H2,(H,17,18)(H,22,23)(H,11,13,16)(H2,19,20,21)/t5-,7-,8-,9-/m1/s1. The van der Waals surface area contributed by atoms with E-state index in [1.165, 1.54) is 0 Å². The molecule has 1 aliphatic heterocycles. The molecular weight excluding hydrogens is 497 g/mol. The van der Waals surface area contributed by atoms with Crippen molar-refractivity contribution in [2.75, 3.05) is 11.2 Å². The summed E-state index contributed by atoms with van der Waals surface area (Å²) in [5.74, 6) is -0.268. The number of phosphoric acid groups is 2. The predicted molar refractivity (Wildman–Crippen MR) is 98.4 cm³/mol. The van der Waals surface area contributed by atoms with E-state index in [1.807, 2.05) is 4.98 Å². The molecule has 0 bridgehead atoms. The second kappa shape index (κ2) is 9.46. The zero-order chi connectivity index (χ0) is 22.9. The van der Waals surface area contributed by atoms with Crippen LogP contribution in [0.5, 0.6) is 0 Å². The Balaban J connectivity index is 1.96. The van der Waals surface area contributed by atoms with Crippen molar-refractivity contribution in [3.63, 3.8) is 0 Å². The van der Waals surface area contributed by atoms with Crippen LogP contribution in [0, 0.1) is 0 Å². The van der Waals surface area contributed by atoms with Crippen LogP contribution < -0.4 is 11.2 Å². The second-order valence-corrected chi connectivity index (χ2v) is 12.1. The van der Waals surface area contributed by atoms with Crippen LogP contribution in [0.3, 0.4) is 0 Å². The van der Waals surface area contributed by atoms with Gasteiger partial charge in [-0.25, -0.2) is 18.2 Å². The van der Waals surface area contributed by atoms with E-state index in [0.29, 0.717) is 11.8 Å². The number of aromatic nitrogens is 2. The van der Waals surface area contributed by atoms with Crippen LogP contribution in [-0.4, -0.2) is 68.9 Å². The maximum absolute atomic E-state index is 11.8. The van der Waals surface area contributed by atoms with Gasteiger partial charge in [-0.15, -0.1) is 11.8 Å². The highest BCUT2D eigenvalue weighted by molar-refractivity contribution is 8.04. The lowest BCUT2D eigenvalue weighted by Gasteiger charge is -2.18. The van der Waals surface area contributed by atoms with Gasteiger partial charge < -0.3 is 34.5 Å². The van der Waals surface area contributed by atoms with Gasteiger partial charge in [-0.3, -0.25) is 18.9 Å². The minimum atomic E-state index is -5.56. The van der Waals surface area contributed by atoms with E-state index in [-0.39, 0.29) is 5.75 Å². The summed E-state index contributed by atoms with van der Waals surface area (Å²) < 4.78 is 47.2. The van der Waals surface area contributed by atoms with E-state index < -0.39 is 64.5 Å². The summed E-state index contributed by atoms with van der Waals surface area (Å²) in [4.78, 5) is 60.4. The van der Waals surface area contributed by atoms with Gasteiger partial charge in [-0.2, -0.15) is 4.31 Å². The van der Waals surface area contributed by atoms with Gasteiger partial charge in [-0.05, 0) is 0 Å². The molecule has 1 aliphatic rings. The van der Waals surface area contributed by atoms with E-state index in [4.69, 9.17) is 19.4 Å². The van der Waals surface area contributed by atoms with Crippen molar-refractivity contribution in [3.8, 4) is 0 Å². The lowest BCUT2D eigenvalue weighted by Crippen LogP contribution is -2.37. The largest absolute Gasteiger partial charge is 0.488 e. The van der Waals surface area contributed by atoms with Crippen LogP contribution >= 0.6 is 35.0 Å². The zero-order valence-corrected chi connectivity index (χ0v) is 18.0. The molecule has 2 heterocycles. The summed E-state index contributed by atoms with van der Waals surface area (Å²) in [6.07, 6.45) is -4.64. The topological polar surface area (TPSA) is 255 Å². The first kappa shape index (κ1) is 25.6. The minimum Gasteiger partial charge on any atom is -0.387 e. The molecule has 7 N–H and O–H groups in total. The molecule has 2 rings (SSSR count). The fourth-order valence-electron chi connectivity index (χ4n) is 2.34. The summed E-state index contributed by atoms with van der Waals surface area (Å²) in [6, 6.07) is 0.984. The van der Waals surface area contributed by atoms with Crippen LogP contribution in [0.1, 0.15) is 6.23 Å². The average Bonchev–Trinajstić information content (AvgIpc) is 2.79. The molecule has 20 heteroatoms. The van der Waals surface area contributed by atoms with Gasteiger partial charge in [0.25, 0.3) is 5.56 Å². The average molecular weight is 514 g/mol. The van der Waals surface area contributed by atoms with Crippen molar-refractivity contribution in [2.45, 2.75) is 24.5 Å². The Hall–Kier alpha value is -0.640. The van der Waals surface area contributed by atoms with Crippen LogP contribution in [-0.2, 0) is 27.1 Å². The van der Waals surface area contributed by atoms with Crippen molar-refractivity contribution in [1.82, 2.24) is 9.55 Å². The molecule has 0 saturated carbocycles. The summed E-state index contributed by atoms with van der Waals surface area (Å²) in [7, 11) is -15.9. The Morgan fingerprint density at radius 2 is 1.73 bits per heavy atom. The number of hydrogen-bond donors (Lipinski definition) is 7. The maximum Gasteiger partial charge on any atom is 0.488 e. The fraction of sp³-hybridized carbons (Fsp3) is 0.600. The van der Waals surface area contributed by atoms with Crippen LogP contribution in [0.2, 0.25) is 0 Å². The number of thioether (sulfide) groups is 1. The van der Waals surface area contributed by atoms with Gasteiger partial charge in [0, 0.05) is 18.0 Å². The molecule has 0 amide bonds. The molecule has 0 radical (unpaired) electrons. The number of nitrogens with zero attached hydrogens (tertiary/aromatic N) is 1. The molecular formula is C10H17N2O14P3S. The monoisotopic (exact) mass is 514 g/mol. The Morgan fingerprint density at radius 3 is 2.30 bits per heavy atom. The quantitative estimate of drug-likeness (QED) is 0.181. The number of aromatic amines is 1. The van der Waals surface area contributed by atoms with Gasteiger partial charge >= 0.3 is 28.9 Å². The van der Waals surface area contributed by atoms with E-state index in [0.717, 1.165) is 16.8 Å². The molecule has 1 aromatic heterocycles. The number of ether oxygens (including phenoxy) is 1. The molecule has 172 valence electrons. The minimum absolute atomic E-state index is 0.268. The molecule has 2 unspecified atom stereocenters. The Labute approximate surface area is 170 Å². The first-order chi connectivity index (χ1) is 13.6. The van der Waals surface area contributed by atoms with Crippen molar-refractivity contribution in [1.29, 1.82) is 0 Å². The first-order valence-electron chi connectivity index (χ1n) is 7.64. The first-order valence-corrected chi connectivity index (χ1v) is 13.6. The maximum atomic E-state index is 11.8. The smallest absolute Gasteiger partial charge is 0.387 e. The van der Waals surface area contributed by atoms with Gasteiger partial charge in [0.15, 0.2) is 6.23 Å². The highest BCUT2D eigenvalue weighted by Crippen LogP contribution is 2.66. The number of hydrogen-bond acceptors (Lipinski definition) is 11. The summed E-state index contributed by atoms with van der Waals surface area (Å²) >= 11 is 0.565. The number of H-pyrrole nitrogens is 1. The Bertz CT molecular complexity index is 1020. The molecule has 16 nitrogen and oxygen atoms in total. The molecule has 1 fully saturated rings. The fourth-order valence-corrected chi connectivity index (χ4v) is 7.56. The lowest BCUT2D eigenvalue weighted by atomic mass is 10.1. The predicted octanol–water partition coefficient (Wildman–Crippen LogP) is -1.74. The van der Waals surface area contributed by atoms with Crippen LogP contribution in [0.4, 0.5) is 0 Å². The second-order valence-electron chi connectivity index (χ2n) is 5.82. The summed E-state index contributed by atoms with van der Waals surface area (Å²) in [6.45, 7) is 0. The van der Waals surface area contributed by atoms with E-state index >= 15 is 0 Å². The van der Waals surface area contributed by atoms with Gasteiger partial charge in [0.1, 0.15) is 12.2 Å². The molecule has 1 aromatic rings. The number of rotatable bonds is 9. The molecule has 0 spiro atoms. The molecule has 0 aromatic carbocycles. The van der Waals surface area contributed by atoms with Crippen molar-refractivity contribution in [2.24, 2.45) is 0 Å². The highest BCUT2D eigenvalue weighted by atomic mass is 32.2. The third-order valence-corrected chi connectivity index (χ3v) is 9.56. The van der Waals surface area contributed by atoms with Gasteiger partial charge in [-0.1, -0.05) is 0 Å². The van der Waals surface area contributed by atoms with E-state index in [1.54, 1.807) is 0 Å². The molecule has 6 atom stereocenters. The lowest BCUT2D eigenvalue weighted by molar-refractivity contribution is -0.0340. The van der Waals surface area contributed by atoms with Gasteiger partial charge in [0.2, 0.25) is 0 Å². The third kappa shape index (κ3) is 7.21. The SMILES string of the molecule is O=c1ccn([C@@H]2O[C@H](CSCP(=O)(O)OP(=O)(O)OP(=O)(O)O)[C@@H](O)[C@H]2O)c(=O)[nH]1. The van der Waals surface area contributed by atoms with Crippen molar-refractivity contribution < 1.29 is 56.8 Å². The van der Waals surface area contributed by atoms with Crippen molar-refractivity contribution >= 4 is 35.0 Å². The normalized spacial score (nSPS) is 28.7. The molecule has 0 aliphatic carbocycles. The zero-order valence-electron chi connectivity index (χ0n) is 14.5.